The molecule has 0 bridgehead atoms. The first-order valence-corrected chi connectivity index (χ1v) is 9.03. The number of aromatic hydroxyl groups is 2. The summed E-state index contributed by atoms with van der Waals surface area (Å²) >= 11 is 0. The zero-order valence-corrected chi connectivity index (χ0v) is 16.9. The van der Waals surface area contributed by atoms with Crippen LogP contribution in [0.2, 0.25) is 0 Å². The molecule has 0 aliphatic rings. The van der Waals surface area contributed by atoms with Gasteiger partial charge in [-0.2, -0.15) is 0 Å². The third-order valence-corrected chi connectivity index (χ3v) is 4.20. The van der Waals surface area contributed by atoms with Crippen molar-refractivity contribution in [1.29, 1.82) is 0 Å². The summed E-state index contributed by atoms with van der Waals surface area (Å²) in [6, 6.07) is 8.90. The molecular weight excluding hydrogens is 404 g/mol. The van der Waals surface area contributed by atoms with Gasteiger partial charge in [0.2, 0.25) is 0 Å². The number of ether oxygens (including phenoxy) is 2. The summed E-state index contributed by atoms with van der Waals surface area (Å²) in [6.07, 6.45) is 4.49. The van der Waals surface area contributed by atoms with Crippen LogP contribution in [0.5, 0.6) is 23.0 Å². The van der Waals surface area contributed by atoms with Crippen molar-refractivity contribution in [3.05, 3.63) is 71.0 Å². The number of carboxylic acids is 1. The molecular formula is C23H22O8. The zero-order chi connectivity index (χ0) is 23.0. The van der Waals surface area contributed by atoms with E-state index in [-0.39, 0.29) is 28.6 Å². The van der Waals surface area contributed by atoms with Crippen LogP contribution in [0, 0.1) is 0 Å². The number of carbonyl (C=O) groups is 2. The van der Waals surface area contributed by atoms with E-state index < -0.39 is 23.9 Å². The van der Waals surface area contributed by atoms with Crippen LogP contribution in [0.3, 0.4) is 0 Å². The molecule has 0 saturated heterocycles. The summed E-state index contributed by atoms with van der Waals surface area (Å²) < 4.78 is 10.0. The van der Waals surface area contributed by atoms with Crippen molar-refractivity contribution in [2.24, 2.45) is 0 Å². The quantitative estimate of drug-likeness (QED) is 0.271. The lowest BCUT2D eigenvalue weighted by atomic mass is 10.0. The highest BCUT2D eigenvalue weighted by molar-refractivity contribution is 6.09. The van der Waals surface area contributed by atoms with E-state index in [0.717, 1.165) is 6.08 Å². The molecule has 2 rings (SSSR count). The van der Waals surface area contributed by atoms with Gasteiger partial charge in [-0.25, -0.2) is 0 Å². The smallest absolute Gasteiger partial charge is 0.308 e. The Morgan fingerprint density at radius 3 is 1.77 bits per heavy atom. The number of benzene rings is 2. The minimum Gasteiger partial charge on any atom is -0.508 e. The fourth-order valence-electron chi connectivity index (χ4n) is 2.60. The summed E-state index contributed by atoms with van der Waals surface area (Å²) in [7, 11) is 2.77. The highest BCUT2D eigenvalue weighted by Crippen LogP contribution is 2.28. The molecule has 0 spiro atoms. The third kappa shape index (κ3) is 6.40. The minimum atomic E-state index is -1.28. The first-order valence-electron chi connectivity index (χ1n) is 9.03. The Morgan fingerprint density at radius 1 is 0.839 bits per heavy atom. The number of ketones is 1. The highest BCUT2D eigenvalue weighted by atomic mass is 16.5. The van der Waals surface area contributed by atoms with E-state index in [4.69, 9.17) is 14.6 Å². The Kier molecular flexibility index (Phi) is 7.85. The number of hydrogen-bond donors (Lipinski definition) is 4. The predicted molar refractivity (Wildman–Crippen MR) is 114 cm³/mol. The number of aliphatic hydroxyl groups is 1. The van der Waals surface area contributed by atoms with Gasteiger partial charge in [-0.1, -0.05) is 24.3 Å². The van der Waals surface area contributed by atoms with Crippen LogP contribution in [0.1, 0.15) is 17.5 Å². The summed E-state index contributed by atoms with van der Waals surface area (Å²) in [5.74, 6) is -2.17. The molecule has 2 aromatic carbocycles. The third-order valence-electron chi connectivity index (χ3n) is 4.20. The van der Waals surface area contributed by atoms with Gasteiger partial charge in [0.25, 0.3) is 0 Å². The van der Waals surface area contributed by atoms with Gasteiger partial charge in [0.05, 0.1) is 26.2 Å². The van der Waals surface area contributed by atoms with Gasteiger partial charge in [-0.15, -0.1) is 0 Å². The maximum atomic E-state index is 12.5. The van der Waals surface area contributed by atoms with E-state index >= 15 is 0 Å². The number of phenols is 2. The molecule has 0 aliphatic carbocycles. The van der Waals surface area contributed by atoms with E-state index in [2.05, 4.69) is 0 Å². The molecule has 0 aliphatic heterocycles. The van der Waals surface area contributed by atoms with Gasteiger partial charge in [-0.05, 0) is 47.5 Å². The van der Waals surface area contributed by atoms with Crippen molar-refractivity contribution >= 4 is 23.9 Å². The van der Waals surface area contributed by atoms with Crippen LogP contribution in [0.4, 0.5) is 0 Å². The summed E-state index contributed by atoms with van der Waals surface area (Å²) in [6.45, 7) is 0. The Morgan fingerprint density at radius 2 is 1.32 bits per heavy atom. The average Bonchev–Trinajstić information content (AvgIpc) is 2.75. The molecule has 0 unspecified atom stereocenters. The summed E-state index contributed by atoms with van der Waals surface area (Å²) in [5, 5.41) is 38.7. The van der Waals surface area contributed by atoms with Crippen LogP contribution in [0.15, 0.2) is 59.9 Å². The first kappa shape index (κ1) is 23.1. The summed E-state index contributed by atoms with van der Waals surface area (Å²) in [5.41, 5.74) is 0.774. The van der Waals surface area contributed by atoms with Crippen LogP contribution < -0.4 is 9.47 Å². The van der Waals surface area contributed by atoms with E-state index in [1.165, 1.54) is 56.7 Å². The van der Waals surface area contributed by atoms with Crippen molar-refractivity contribution in [2.75, 3.05) is 14.2 Å². The maximum absolute atomic E-state index is 12.5. The number of allylic oxidation sites excluding steroid dienone is 2. The van der Waals surface area contributed by atoms with Crippen molar-refractivity contribution < 1.29 is 39.5 Å². The van der Waals surface area contributed by atoms with Gasteiger partial charge >= 0.3 is 5.97 Å². The molecule has 0 amide bonds. The second kappa shape index (κ2) is 10.5. The standard InChI is InChI=1S/C23H22O8/c1-30-21-11-14(5-9-19(21)26)3-7-17(24)16(13-23(28)29)18(25)8-4-15-6-10-20(27)22(12-15)31-2/h3-12,24,26-27H,13H2,1-2H3,(H,28,29)/b7-3+,8-4+,17-16?. The number of hydrogen-bond acceptors (Lipinski definition) is 7. The Bertz CT molecular complexity index is 1060. The maximum Gasteiger partial charge on any atom is 0.308 e. The molecule has 0 saturated carbocycles. The van der Waals surface area contributed by atoms with E-state index in [9.17, 15) is 24.9 Å². The Balaban J connectivity index is 2.31. The number of rotatable bonds is 9. The highest BCUT2D eigenvalue weighted by Gasteiger charge is 2.15. The normalized spacial score (nSPS) is 12.1. The van der Waals surface area contributed by atoms with Crippen LogP contribution in [-0.2, 0) is 9.59 Å². The van der Waals surface area contributed by atoms with Gasteiger partial charge < -0.3 is 29.9 Å². The second-order valence-electron chi connectivity index (χ2n) is 6.33. The second-order valence-corrected chi connectivity index (χ2v) is 6.33. The van der Waals surface area contributed by atoms with Crippen LogP contribution >= 0.6 is 0 Å². The average molecular weight is 426 g/mol. The fourth-order valence-corrected chi connectivity index (χ4v) is 2.60. The topological polar surface area (TPSA) is 134 Å². The van der Waals surface area contributed by atoms with Gasteiger partial charge in [0, 0.05) is 0 Å². The monoisotopic (exact) mass is 426 g/mol. The molecule has 0 heterocycles. The van der Waals surface area contributed by atoms with Crippen LogP contribution in [0.25, 0.3) is 12.2 Å². The van der Waals surface area contributed by atoms with Crippen molar-refractivity contribution in [3.63, 3.8) is 0 Å². The van der Waals surface area contributed by atoms with Crippen molar-refractivity contribution in [1.82, 2.24) is 0 Å². The first-order chi connectivity index (χ1) is 14.7. The number of carboxylic acid groups (broad SMARTS) is 1. The minimum absolute atomic E-state index is 0.0582. The molecule has 0 fully saturated rings. The molecule has 0 radical (unpaired) electrons. The number of methoxy groups -OCH3 is 2. The number of phenolic OH excluding ortho intramolecular Hbond substituents is 2. The molecule has 0 atom stereocenters. The van der Waals surface area contributed by atoms with Crippen molar-refractivity contribution in [2.45, 2.75) is 6.42 Å². The fraction of sp³-hybridized carbons (Fsp3) is 0.130. The van der Waals surface area contributed by atoms with Gasteiger partial charge in [0.1, 0.15) is 5.76 Å². The van der Waals surface area contributed by atoms with Gasteiger partial charge in [-0.3, -0.25) is 9.59 Å². The molecule has 162 valence electrons. The number of carbonyl (C=O) groups excluding carboxylic acids is 1. The summed E-state index contributed by atoms with van der Waals surface area (Å²) in [4.78, 5) is 23.7. The van der Waals surface area contributed by atoms with E-state index in [1.807, 2.05) is 0 Å². The molecule has 2 aromatic rings. The number of aliphatic hydroxyl groups excluding tert-OH is 1. The largest absolute Gasteiger partial charge is 0.508 e. The van der Waals surface area contributed by atoms with E-state index in [0.29, 0.717) is 11.1 Å². The molecule has 4 N–H and O–H groups in total. The van der Waals surface area contributed by atoms with Crippen molar-refractivity contribution in [3.8, 4) is 23.0 Å². The Labute approximate surface area is 178 Å². The van der Waals surface area contributed by atoms with Crippen LogP contribution in [-0.4, -0.2) is 46.4 Å². The Hall–Kier alpha value is -4.20. The molecule has 8 heteroatoms. The zero-order valence-electron chi connectivity index (χ0n) is 16.9. The molecule has 0 aromatic heterocycles. The molecule has 31 heavy (non-hydrogen) atoms. The predicted octanol–water partition coefficient (Wildman–Crippen LogP) is 3.70. The van der Waals surface area contributed by atoms with Gasteiger partial charge in [0.15, 0.2) is 28.8 Å². The number of aliphatic carboxylic acids is 1. The lowest BCUT2D eigenvalue weighted by molar-refractivity contribution is -0.136. The lowest BCUT2D eigenvalue weighted by Gasteiger charge is -2.05. The molecule has 8 nitrogen and oxygen atoms in total. The van der Waals surface area contributed by atoms with E-state index in [1.54, 1.807) is 12.1 Å². The lowest BCUT2D eigenvalue weighted by Crippen LogP contribution is -2.08. The SMILES string of the molecule is COc1cc(/C=C/C(=O)C(CC(=O)O)=C(O)/C=C/c2ccc(O)c(OC)c2)ccc1O.